The second kappa shape index (κ2) is 18.9. The SMILES string of the molecule is CCCCCCCCCCCCCCCc1ccc(O[SH](=O)=O)cc1.[KH]. The summed E-state index contributed by atoms with van der Waals surface area (Å²) in [5.74, 6) is 0.394. The molecule has 0 spiro atoms. The molecule has 0 N–H and O–H groups in total. The first kappa shape index (κ1) is 26.6. The third-order valence-corrected chi connectivity index (χ3v) is 5.03. The Bertz CT molecular complexity index is 492. The van der Waals surface area contributed by atoms with Gasteiger partial charge in [0.2, 0.25) is 0 Å². The van der Waals surface area contributed by atoms with Crippen molar-refractivity contribution in [3.05, 3.63) is 29.8 Å². The van der Waals surface area contributed by atoms with Gasteiger partial charge in [-0.25, -0.2) is 0 Å². The van der Waals surface area contributed by atoms with Crippen LogP contribution >= 0.6 is 0 Å². The van der Waals surface area contributed by atoms with Gasteiger partial charge in [0.1, 0.15) is 5.75 Å². The van der Waals surface area contributed by atoms with Gasteiger partial charge >= 0.3 is 51.4 Å². The van der Waals surface area contributed by atoms with Crippen LogP contribution in [0.1, 0.15) is 96.0 Å². The van der Waals surface area contributed by atoms with Crippen LogP contribution < -0.4 is 4.18 Å². The summed E-state index contributed by atoms with van der Waals surface area (Å²) in [6.45, 7) is 2.27. The molecule has 0 aliphatic heterocycles. The molecule has 0 atom stereocenters. The van der Waals surface area contributed by atoms with Crippen LogP contribution in [0.5, 0.6) is 5.75 Å². The van der Waals surface area contributed by atoms with Gasteiger partial charge in [-0.05, 0) is 30.5 Å². The number of benzene rings is 1. The Morgan fingerprint density at radius 3 is 1.54 bits per heavy atom. The minimum absolute atomic E-state index is 0. The number of hydrogen-bond acceptors (Lipinski definition) is 3. The van der Waals surface area contributed by atoms with E-state index in [2.05, 4.69) is 11.1 Å². The first-order chi connectivity index (χ1) is 12.2. The van der Waals surface area contributed by atoms with E-state index in [1.165, 1.54) is 89.0 Å². The Kier molecular flexibility index (Phi) is 19.4. The van der Waals surface area contributed by atoms with Crippen LogP contribution in [0.25, 0.3) is 0 Å². The molecule has 0 amide bonds. The zero-order valence-corrected chi connectivity index (χ0v) is 16.8. The van der Waals surface area contributed by atoms with E-state index in [0.717, 1.165) is 6.42 Å². The molecule has 0 saturated heterocycles. The third-order valence-electron chi connectivity index (χ3n) is 4.67. The molecule has 1 aromatic carbocycles. The molecule has 1 aromatic rings. The van der Waals surface area contributed by atoms with Gasteiger partial charge < -0.3 is 4.18 Å². The Morgan fingerprint density at radius 2 is 1.12 bits per heavy atom. The number of unbranched alkanes of at least 4 members (excludes halogenated alkanes) is 12. The third kappa shape index (κ3) is 15.6. The van der Waals surface area contributed by atoms with Gasteiger partial charge in [0.05, 0.1) is 0 Å². The first-order valence-electron chi connectivity index (χ1n) is 10.1. The quantitative estimate of drug-likeness (QED) is 0.221. The van der Waals surface area contributed by atoms with Crippen molar-refractivity contribution in [1.29, 1.82) is 0 Å². The van der Waals surface area contributed by atoms with E-state index in [1.807, 2.05) is 12.1 Å². The Balaban J connectivity index is 0.00000625. The van der Waals surface area contributed by atoms with Crippen molar-refractivity contribution >= 4 is 62.4 Å². The Labute approximate surface area is 205 Å². The normalized spacial score (nSPS) is 10.7. The second-order valence-electron chi connectivity index (χ2n) is 6.95. The second-order valence-corrected chi connectivity index (χ2v) is 7.58. The molecule has 0 aliphatic rings. The van der Waals surface area contributed by atoms with Crippen molar-refractivity contribution in [3.63, 3.8) is 0 Å². The fourth-order valence-electron chi connectivity index (χ4n) is 3.15. The van der Waals surface area contributed by atoms with E-state index >= 15 is 0 Å². The van der Waals surface area contributed by atoms with Gasteiger partial charge in [-0.1, -0.05) is 96.1 Å². The Hall–Kier alpha value is 0.606. The van der Waals surface area contributed by atoms with E-state index in [4.69, 9.17) is 0 Å². The molecule has 26 heavy (non-hydrogen) atoms. The van der Waals surface area contributed by atoms with E-state index in [9.17, 15) is 8.42 Å². The average molecular weight is 409 g/mol. The summed E-state index contributed by atoms with van der Waals surface area (Å²) in [7, 11) is -2.81. The van der Waals surface area contributed by atoms with Crippen LogP contribution in [-0.4, -0.2) is 59.8 Å². The van der Waals surface area contributed by atoms with Crippen LogP contribution in [0.3, 0.4) is 0 Å². The topological polar surface area (TPSA) is 43.4 Å². The van der Waals surface area contributed by atoms with E-state index in [1.54, 1.807) is 12.1 Å². The maximum absolute atomic E-state index is 10.5. The summed E-state index contributed by atoms with van der Waals surface area (Å²) in [6.07, 6.45) is 18.9. The molecule has 1 rings (SSSR count). The molecule has 5 heteroatoms. The van der Waals surface area contributed by atoms with Gasteiger partial charge in [-0.2, -0.15) is 8.42 Å². The number of hydrogen-bond donors (Lipinski definition) is 1. The van der Waals surface area contributed by atoms with Gasteiger partial charge in [0.25, 0.3) is 11.0 Å². The van der Waals surface area contributed by atoms with Crippen LogP contribution in [0.15, 0.2) is 24.3 Å². The average Bonchev–Trinajstić information content (AvgIpc) is 2.60. The maximum atomic E-state index is 10.5. The van der Waals surface area contributed by atoms with E-state index in [0.29, 0.717) is 5.75 Å². The summed E-state index contributed by atoms with van der Waals surface area (Å²) in [6, 6.07) is 7.36. The number of aryl methyl sites for hydroxylation is 1. The van der Waals surface area contributed by atoms with Gasteiger partial charge in [0.15, 0.2) is 0 Å². The van der Waals surface area contributed by atoms with Crippen LogP contribution in [0.2, 0.25) is 0 Å². The predicted molar refractivity (Wildman–Crippen MR) is 114 cm³/mol. The Morgan fingerprint density at radius 1 is 0.692 bits per heavy atom. The minimum atomic E-state index is -2.81. The van der Waals surface area contributed by atoms with E-state index in [-0.39, 0.29) is 51.4 Å². The molecule has 0 heterocycles. The molecule has 146 valence electrons. The summed E-state index contributed by atoms with van der Waals surface area (Å²) in [4.78, 5) is 0. The molecule has 0 fully saturated rings. The molecule has 0 aliphatic carbocycles. The molecule has 3 nitrogen and oxygen atoms in total. The standard InChI is InChI=1S/C21H36O3S.K.H/c1-2-3-4-5-6-7-8-9-10-11-12-13-14-15-20-16-18-21(19-17-20)24-25(22)23;;/h16-19,25H,2-15H2,1H3;;. The van der Waals surface area contributed by atoms with Crippen molar-refractivity contribution in [3.8, 4) is 5.75 Å². The fourth-order valence-corrected chi connectivity index (χ4v) is 3.44. The molecule has 0 unspecified atom stereocenters. The molecule has 0 bridgehead atoms. The van der Waals surface area contributed by atoms with Crippen LogP contribution in [0, 0.1) is 0 Å². The fraction of sp³-hybridized carbons (Fsp3) is 0.714. The first-order valence-corrected chi connectivity index (χ1v) is 11.2. The zero-order chi connectivity index (χ0) is 18.2. The molecule has 0 radical (unpaired) electrons. The summed E-state index contributed by atoms with van der Waals surface area (Å²) in [5.41, 5.74) is 1.25. The summed E-state index contributed by atoms with van der Waals surface area (Å²) >= 11 is 0. The molecular formula is C21H37KO3S. The van der Waals surface area contributed by atoms with Crippen LogP contribution in [-0.2, 0) is 17.4 Å². The van der Waals surface area contributed by atoms with Gasteiger partial charge in [-0.3, -0.25) is 0 Å². The molecule has 0 aromatic heterocycles. The van der Waals surface area contributed by atoms with E-state index < -0.39 is 11.0 Å². The van der Waals surface area contributed by atoms with Crippen molar-refractivity contribution in [2.45, 2.75) is 96.8 Å². The van der Waals surface area contributed by atoms with Crippen LogP contribution in [0.4, 0.5) is 0 Å². The number of rotatable bonds is 16. The summed E-state index contributed by atoms with van der Waals surface area (Å²) < 4.78 is 25.6. The molecular weight excluding hydrogens is 371 g/mol. The van der Waals surface area contributed by atoms with Crippen molar-refractivity contribution in [1.82, 2.24) is 0 Å². The monoisotopic (exact) mass is 408 g/mol. The van der Waals surface area contributed by atoms with Crippen molar-refractivity contribution in [2.24, 2.45) is 0 Å². The summed E-state index contributed by atoms with van der Waals surface area (Å²) in [5, 5.41) is 0. The zero-order valence-electron chi connectivity index (χ0n) is 15.9. The number of thiol groups is 1. The van der Waals surface area contributed by atoms with Crippen molar-refractivity contribution in [2.75, 3.05) is 0 Å². The van der Waals surface area contributed by atoms with Crippen molar-refractivity contribution < 1.29 is 12.6 Å². The van der Waals surface area contributed by atoms with Gasteiger partial charge in [0, 0.05) is 0 Å². The molecule has 0 saturated carbocycles. The van der Waals surface area contributed by atoms with Gasteiger partial charge in [-0.15, -0.1) is 0 Å². The predicted octanol–water partition coefficient (Wildman–Crippen LogP) is 5.58.